The minimum atomic E-state index is -3.48. The summed E-state index contributed by atoms with van der Waals surface area (Å²) in [5.41, 5.74) is 7.11. The molecule has 0 saturated carbocycles. The van der Waals surface area contributed by atoms with Gasteiger partial charge in [-0.1, -0.05) is 13.0 Å². The van der Waals surface area contributed by atoms with Crippen molar-refractivity contribution in [3.05, 3.63) is 29.3 Å². The minimum absolute atomic E-state index is 0.308. The van der Waals surface area contributed by atoms with Crippen LogP contribution in [0.15, 0.2) is 23.1 Å². The van der Waals surface area contributed by atoms with Gasteiger partial charge in [0.1, 0.15) is 0 Å². The van der Waals surface area contributed by atoms with Gasteiger partial charge in [0.25, 0.3) is 0 Å². The van der Waals surface area contributed by atoms with Gasteiger partial charge in [-0.05, 0) is 50.5 Å². The van der Waals surface area contributed by atoms with E-state index >= 15 is 0 Å². The fourth-order valence-electron chi connectivity index (χ4n) is 1.73. The Hall–Kier alpha value is -0.910. The highest BCUT2D eigenvalue weighted by atomic mass is 32.2. The predicted molar refractivity (Wildman–Crippen MR) is 78.4 cm³/mol. The van der Waals surface area contributed by atoms with Crippen molar-refractivity contribution >= 4 is 10.0 Å². The van der Waals surface area contributed by atoms with Crippen molar-refractivity contribution in [3.63, 3.8) is 0 Å². The normalized spacial score (nSPS) is 13.0. The smallest absolute Gasteiger partial charge is 0.243 e. The quantitative estimate of drug-likeness (QED) is 0.902. The lowest BCUT2D eigenvalue weighted by Gasteiger charge is -2.33. The van der Waals surface area contributed by atoms with Crippen molar-refractivity contribution in [2.75, 3.05) is 7.05 Å². The minimum Gasteiger partial charge on any atom is -0.326 e. The Balaban J connectivity index is 3.28. The van der Waals surface area contributed by atoms with E-state index in [2.05, 4.69) is 0 Å². The van der Waals surface area contributed by atoms with Crippen molar-refractivity contribution in [3.8, 4) is 0 Å². The molecule has 4 nitrogen and oxygen atoms in total. The van der Waals surface area contributed by atoms with Crippen molar-refractivity contribution in [2.24, 2.45) is 5.73 Å². The summed E-state index contributed by atoms with van der Waals surface area (Å²) in [4.78, 5) is 0.308. The zero-order valence-corrected chi connectivity index (χ0v) is 13.2. The van der Waals surface area contributed by atoms with Crippen LogP contribution in [0.2, 0.25) is 0 Å². The van der Waals surface area contributed by atoms with Crippen LogP contribution in [0.1, 0.15) is 38.3 Å². The fraction of sp³-hybridized carbons (Fsp3) is 0.571. The summed E-state index contributed by atoms with van der Waals surface area (Å²) in [6.07, 6.45) is 0.748. The molecule has 1 aromatic carbocycles. The van der Waals surface area contributed by atoms with Gasteiger partial charge in [-0.15, -0.1) is 0 Å². The number of hydrogen-bond acceptors (Lipinski definition) is 3. The highest BCUT2D eigenvalue weighted by Crippen LogP contribution is 2.26. The zero-order chi connectivity index (χ0) is 14.8. The first-order valence-corrected chi connectivity index (χ1v) is 7.89. The van der Waals surface area contributed by atoms with Gasteiger partial charge in [-0.25, -0.2) is 8.42 Å². The molecule has 0 atom stereocenters. The Labute approximate surface area is 116 Å². The molecule has 0 aliphatic rings. The summed E-state index contributed by atoms with van der Waals surface area (Å²) in [6, 6.07) is 5.13. The van der Waals surface area contributed by atoms with Crippen LogP contribution in [0.25, 0.3) is 0 Å². The molecule has 5 heteroatoms. The van der Waals surface area contributed by atoms with Crippen LogP contribution >= 0.6 is 0 Å². The molecule has 108 valence electrons. The summed E-state index contributed by atoms with van der Waals surface area (Å²) in [6.45, 7) is 8.09. The molecule has 1 aromatic rings. The summed E-state index contributed by atoms with van der Waals surface area (Å²) >= 11 is 0. The lowest BCUT2D eigenvalue weighted by molar-refractivity contribution is 0.257. The fourth-order valence-corrected chi connectivity index (χ4v) is 3.36. The van der Waals surface area contributed by atoms with E-state index in [4.69, 9.17) is 5.73 Å². The molecular formula is C14H24N2O2S. The molecule has 19 heavy (non-hydrogen) atoms. The SMILES string of the molecule is CCC(C)(C)N(C)S(=O)(=O)c1ccc(C)c(CN)c1. The monoisotopic (exact) mass is 284 g/mol. The second-order valence-electron chi connectivity index (χ2n) is 5.43. The number of rotatable bonds is 5. The van der Waals surface area contributed by atoms with Gasteiger partial charge in [0, 0.05) is 19.1 Å². The predicted octanol–water partition coefficient (Wildman–Crippen LogP) is 2.26. The summed E-state index contributed by atoms with van der Waals surface area (Å²) < 4.78 is 26.6. The van der Waals surface area contributed by atoms with Crippen molar-refractivity contribution in [2.45, 2.75) is 51.1 Å². The van der Waals surface area contributed by atoms with Gasteiger partial charge in [0.2, 0.25) is 10.0 Å². The number of benzene rings is 1. The third kappa shape index (κ3) is 3.16. The average Bonchev–Trinajstić information content (AvgIpc) is 2.38. The van der Waals surface area contributed by atoms with Crippen LogP contribution in [0.5, 0.6) is 0 Å². The van der Waals surface area contributed by atoms with Crippen LogP contribution in [-0.2, 0) is 16.6 Å². The molecule has 0 radical (unpaired) electrons. The van der Waals surface area contributed by atoms with E-state index in [-0.39, 0.29) is 0 Å². The first kappa shape index (κ1) is 16.1. The number of nitrogens with zero attached hydrogens (tertiary/aromatic N) is 1. The maximum Gasteiger partial charge on any atom is 0.243 e. The van der Waals surface area contributed by atoms with Crippen LogP contribution in [0.3, 0.4) is 0 Å². The molecule has 0 aliphatic carbocycles. The molecule has 0 amide bonds. The molecule has 2 N–H and O–H groups in total. The van der Waals surface area contributed by atoms with E-state index in [1.807, 2.05) is 33.8 Å². The highest BCUT2D eigenvalue weighted by molar-refractivity contribution is 7.89. The molecule has 0 fully saturated rings. The van der Waals surface area contributed by atoms with Crippen molar-refractivity contribution in [1.82, 2.24) is 4.31 Å². The first-order chi connectivity index (χ1) is 8.66. The third-order valence-electron chi connectivity index (χ3n) is 3.92. The molecule has 0 unspecified atom stereocenters. The summed E-state index contributed by atoms with van der Waals surface area (Å²) in [5, 5.41) is 0. The van der Waals surface area contributed by atoms with E-state index < -0.39 is 15.6 Å². The molecule has 0 bridgehead atoms. The van der Waals surface area contributed by atoms with Crippen molar-refractivity contribution < 1.29 is 8.42 Å². The molecular weight excluding hydrogens is 260 g/mol. The van der Waals surface area contributed by atoms with E-state index in [0.29, 0.717) is 11.4 Å². The average molecular weight is 284 g/mol. The molecule has 0 saturated heterocycles. The molecule has 0 aliphatic heterocycles. The van der Waals surface area contributed by atoms with Crippen LogP contribution in [0.4, 0.5) is 0 Å². The lowest BCUT2D eigenvalue weighted by atomic mass is 10.0. The topological polar surface area (TPSA) is 63.4 Å². The van der Waals surface area contributed by atoms with Gasteiger partial charge in [-0.2, -0.15) is 4.31 Å². The summed E-state index contributed by atoms with van der Waals surface area (Å²) in [7, 11) is -1.85. The van der Waals surface area contributed by atoms with Gasteiger partial charge >= 0.3 is 0 Å². The van der Waals surface area contributed by atoms with Gasteiger partial charge < -0.3 is 5.73 Å². The number of aryl methyl sites for hydroxylation is 1. The van der Waals surface area contributed by atoms with Gasteiger partial charge in [0.15, 0.2) is 0 Å². The standard InChI is InChI=1S/C14H24N2O2S/c1-6-14(3,4)16(5)19(17,18)13-8-7-11(2)12(9-13)10-15/h7-9H,6,10,15H2,1-5H3. The van der Waals surface area contributed by atoms with Crippen LogP contribution in [0, 0.1) is 6.92 Å². The van der Waals surface area contributed by atoms with Crippen molar-refractivity contribution in [1.29, 1.82) is 0 Å². The van der Waals surface area contributed by atoms with E-state index in [1.165, 1.54) is 4.31 Å². The van der Waals surface area contributed by atoms with Gasteiger partial charge in [0.05, 0.1) is 4.90 Å². The van der Waals surface area contributed by atoms with E-state index in [0.717, 1.165) is 17.5 Å². The Morgan fingerprint density at radius 3 is 2.37 bits per heavy atom. The Morgan fingerprint density at radius 2 is 1.89 bits per heavy atom. The molecule has 1 rings (SSSR count). The van der Waals surface area contributed by atoms with E-state index in [1.54, 1.807) is 19.2 Å². The van der Waals surface area contributed by atoms with E-state index in [9.17, 15) is 8.42 Å². The molecule has 0 aromatic heterocycles. The Morgan fingerprint density at radius 1 is 1.32 bits per heavy atom. The second-order valence-corrected chi connectivity index (χ2v) is 7.40. The Kier molecular flexibility index (Phi) is 4.76. The maximum absolute atomic E-state index is 12.6. The number of hydrogen-bond donors (Lipinski definition) is 1. The first-order valence-electron chi connectivity index (χ1n) is 6.45. The maximum atomic E-state index is 12.6. The Bertz CT molecular complexity index is 551. The van der Waals surface area contributed by atoms with Crippen LogP contribution in [-0.4, -0.2) is 25.3 Å². The number of sulfonamides is 1. The lowest BCUT2D eigenvalue weighted by Crippen LogP contribution is -2.44. The van der Waals surface area contributed by atoms with Crippen LogP contribution < -0.4 is 5.73 Å². The third-order valence-corrected chi connectivity index (χ3v) is 5.98. The molecule has 0 heterocycles. The highest BCUT2D eigenvalue weighted by Gasteiger charge is 2.32. The number of nitrogens with two attached hydrogens (primary N) is 1. The zero-order valence-electron chi connectivity index (χ0n) is 12.4. The largest absolute Gasteiger partial charge is 0.326 e. The second kappa shape index (κ2) is 5.61. The van der Waals surface area contributed by atoms with Gasteiger partial charge in [-0.3, -0.25) is 0 Å². The summed E-state index contributed by atoms with van der Waals surface area (Å²) in [5.74, 6) is 0. The molecule has 0 spiro atoms.